The fourth-order valence-corrected chi connectivity index (χ4v) is 2.39. The third-order valence-corrected chi connectivity index (χ3v) is 3.43. The molecule has 92 valence electrons. The van der Waals surface area contributed by atoms with Gasteiger partial charge >= 0.3 is 0 Å². The summed E-state index contributed by atoms with van der Waals surface area (Å²) in [7, 11) is 0. The minimum atomic E-state index is -0.640. The first-order valence-corrected chi connectivity index (χ1v) is 6.04. The van der Waals surface area contributed by atoms with Gasteiger partial charge in [0, 0.05) is 31.2 Å². The molecule has 1 saturated heterocycles. The highest BCUT2D eigenvalue weighted by atomic mass is 19.1. The van der Waals surface area contributed by atoms with Crippen LogP contribution in [0.4, 0.5) is 14.6 Å². The number of halogens is 2. The van der Waals surface area contributed by atoms with E-state index in [1.807, 2.05) is 0 Å². The van der Waals surface area contributed by atoms with E-state index in [1.165, 1.54) is 12.8 Å². The van der Waals surface area contributed by atoms with Crippen LogP contribution in [0.3, 0.4) is 0 Å². The second-order valence-electron chi connectivity index (χ2n) is 4.84. The third-order valence-electron chi connectivity index (χ3n) is 3.43. The minimum absolute atomic E-state index is 0.161. The number of hydrogen-bond donors (Lipinski definition) is 1. The fraction of sp³-hybridized carbons (Fsp3) is 0.583. The van der Waals surface area contributed by atoms with Gasteiger partial charge < -0.3 is 5.32 Å². The van der Waals surface area contributed by atoms with Gasteiger partial charge in [-0.05, 0) is 19.3 Å². The van der Waals surface area contributed by atoms with Crippen molar-refractivity contribution in [3.8, 4) is 0 Å². The summed E-state index contributed by atoms with van der Waals surface area (Å²) in [6.07, 6.45) is 4.61. The van der Waals surface area contributed by atoms with Gasteiger partial charge in [0.05, 0.1) is 6.20 Å². The first-order chi connectivity index (χ1) is 8.22. The molecule has 2 aliphatic rings. The molecule has 5 heteroatoms. The number of nitrogens with one attached hydrogen (secondary N) is 1. The number of aromatic nitrogens is 1. The van der Waals surface area contributed by atoms with Crippen molar-refractivity contribution >= 4 is 5.82 Å². The highest BCUT2D eigenvalue weighted by Gasteiger charge is 2.34. The van der Waals surface area contributed by atoms with Gasteiger partial charge in [-0.3, -0.25) is 4.90 Å². The molecule has 0 spiro atoms. The summed E-state index contributed by atoms with van der Waals surface area (Å²) in [5.74, 6) is -1.09. The molecular weight excluding hydrogens is 224 g/mol. The SMILES string of the molecule is Fc1cnc(NC2CCN(C3CC3)C2)c(F)c1. The van der Waals surface area contributed by atoms with Crippen LogP contribution >= 0.6 is 0 Å². The summed E-state index contributed by atoms with van der Waals surface area (Å²) >= 11 is 0. The van der Waals surface area contributed by atoms with E-state index >= 15 is 0 Å². The number of anilines is 1. The van der Waals surface area contributed by atoms with E-state index in [-0.39, 0.29) is 11.9 Å². The zero-order chi connectivity index (χ0) is 11.8. The van der Waals surface area contributed by atoms with Gasteiger partial charge in [0.25, 0.3) is 0 Å². The summed E-state index contributed by atoms with van der Waals surface area (Å²) in [6, 6.07) is 1.83. The van der Waals surface area contributed by atoms with Gasteiger partial charge in [0.15, 0.2) is 11.6 Å². The molecule has 1 aliphatic carbocycles. The average Bonchev–Trinajstić information content (AvgIpc) is 3.04. The third kappa shape index (κ3) is 2.39. The highest BCUT2D eigenvalue weighted by molar-refractivity contribution is 5.37. The van der Waals surface area contributed by atoms with E-state index in [0.29, 0.717) is 0 Å². The van der Waals surface area contributed by atoms with Crippen molar-refractivity contribution in [3.63, 3.8) is 0 Å². The summed E-state index contributed by atoms with van der Waals surface area (Å²) in [5.41, 5.74) is 0. The second-order valence-corrected chi connectivity index (χ2v) is 4.84. The molecule has 0 amide bonds. The lowest BCUT2D eigenvalue weighted by molar-refractivity contribution is 0.326. The van der Waals surface area contributed by atoms with Crippen LogP contribution in [-0.4, -0.2) is 35.1 Å². The van der Waals surface area contributed by atoms with Crippen LogP contribution in [0.1, 0.15) is 19.3 Å². The van der Waals surface area contributed by atoms with Gasteiger partial charge in [-0.15, -0.1) is 0 Å². The molecule has 1 aliphatic heterocycles. The maximum Gasteiger partial charge on any atom is 0.168 e. The standard InChI is InChI=1S/C12H15F2N3/c13-8-5-11(14)12(15-6-8)16-9-3-4-17(7-9)10-1-2-10/h5-6,9-10H,1-4,7H2,(H,15,16). The smallest absolute Gasteiger partial charge is 0.168 e. The van der Waals surface area contributed by atoms with Crippen molar-refractivity contribution in [2.75, 3.05) is 18.4 Å². The number of rotatable bonds is 3. The van der Waals surface area contributed by atoms with Gasteiger partial charge in [-0.2, -0.15) is 0 Å². The Morgan fingerprint density at radius 1 is 1.29 bits per heavy atom. The molecule has 2 fully saturated rings. The van der Waals surface area contributed by atoms with Crippen LogP contribution in [0.2, 0.25) is 0 Å². The Hall–Kier alpha value is -1.23. The molecule has 2 heterocycles. The summed E-state index contributed by atoms with van der Waals surface area (Å²) in [4.78, 5) is 6.18. The lowest BCUT2D eigenvalue weighted by Crippen LogP contribution is -2.28. The number of nitrogens with zero attached hydrogens (tertiary/aromatic N) is 2. The first kappa shape index (κ1) is 10.9. The van der Waals surface area contributed by atoms with Crippen molar-refractivity contribution in [3.05, 3.63) is 23.9 Å². The Balaban J connectivity index is 1.63. The Bertz CT molecular complexity index is 420. The van der Waals surface area contributed by atoms with Crippen molar-refractivity contribution in [2.45, 2.75) is 31.3 Å². The predicted molar refractivity (Wildman–Crippen MR) is 60.8 cm³/mol. The van der Waals surface area contributed by atoms with Gasteiger partial charge in [0.1, 0.15) is 5.82 Å². The zero-order valence-corrected chi connectivity index (χ0v) is 9.50. The van der Waals surface area contributed by atoms with E-state index in [0.717, 1.165) is 37.8 Å². The van der Waals surface area contributed by atoms with Crippen molar-refractivity contribution in [1.82, 2.24) is 9.88 Å². The largest absolute Gasteiger partial charge is 0.364 e. The number of likely N-dealkylation sites (tertiary alicyclic amines) is 1. The second kappa shape index (κ2) is 4.22. The molecule has 3 nitrogen and oxygen atoms in total. The monoisotopic (exact) mass is 239 g/mol. The molecule has 0 aromatic carbocycles. The Kier molecular flexibility index (Phi) is 2.70. The number of pyridine rings is 1. The maximum absolute atomic E-state index is 13.4. The highest BCUT2D eigenvalue weighted by Crippen LogP contribution is 2.30. The van der Waals surface area contributed by atoms with E-state index in [2.05, 4.69) is 15.2 Å². The van der Waals surface area contributed by atoms with Crippen LogP contribution in [0.5, 0.6) is 0 Å². The molecule has 1 atom stereocenters. The van der Waals surface area contributed by atoms with Gasteiger partial charge in [-0.25, -0.2) is 13.8 Å². The lowest BCUT2D eigenvalue weighted by Gasteiger charge is -2.16. The lowest BCUT2D eigenvalue weighted by atomic mass is 10.2. The van der Waals surface area contributed by atoms with Crippen molar-refractivity contribution < 1.29 is 8.78 Å². The Morgan fingerprint density at radius 3 is 2.82 bits per heavy atom. The van der Waals surface area contributed by atoms with E-state index in [9.17, 15) is 8.78 Å². The molecule has 1 aromatic heterocycles. The maximum atomic E-state index is 13.4. The number of hydrogen-bond acceptors (Lipinski definition) is 3. The predicted octanol–water partition coefficient (Wildman–Crippen LogP) is 2.01. The molecule has 3 rings (SSSR count). The molecule has 1 saturated carbocycles. The summed E-state index contributed by atoms with van der Waals surface area (Å²) < 4.78 is 26.1. The summed E-state index contributed by atoms with van der Waals surface area (Å²) in [6.45, 7) is 1.99. The zero-order valence-electron chi connectivity index (χ0n) is 9.50. The van der Waals surface area contributed by atoms with Gasteiger partial charge in [0.2, 0.25) is 0 Å². The first-order valence-electron chi connectivity index (χ1n) is 6.04. The molecule has 1 N–H and O–H groups in total. The molecule has 1 aromatic rings. The molecule has 17 heavy (non-hydrogen) atoms. The Labute approximate surface area is 98.8 Å². The van der Waals surface area contributed by atoms with Crippen LogP contribution in [0.15, 0.2) is 12.3 Å². The minimum Gasteiger partial charge on any atom is -0.364 e. The molecular formula is C12H15F2N3. The fourth-order valence-electron chi connectivity index (χ4n) is 2.39. The van der Waals surface area contributed by atoms with Gasteiger partial charge in [-0.1, -0.05) is 0 Å². The molecule has 0 radical (unpaired) electrons. The Morgan fingerprint density at radius 2 is 2.12 bits per heavy atom. The normalized spacial score (nSPS) is 25.2. The van der Waals surface area contributed by atoms with E-state index < -0.39 is 11.6 Å². The summed E-state index contributed by atoms with van der Waals surface area (Å²) in [5, 5.41) is 3.05. The van der Waals surface area contributed by atoms with Crippen molar-refractivity contribution in [2.24, 2.45) is 0 Å². The van der Waals surface area contributed by atoms with Crippen LogP contribution in [-0.2, 0) is 0 Å². The van der Waals surface area contributed by atoms with E-state index in [4.69, 9.17) is 0 Å². The molecule has 1 unspecified atom stereocenters. The van der Waals surface area contributed by atoms with Crippen molar-refractivity contribution in [1.29, 1.82) is 0 Å². The van der Waals surface area contributed by atoms with Crippen LogP contribution in [0, 0.1) is 11.6 Å². The molecule has 0 bridgehead atoms. The average molecular weight is 239 g/mol. The van der Waals surface area contributed by atoms with E-state index in [1.54, 1.807) is 0 Å². The quantitative estimate of drug-likeness (QED) is 0.874. The van der Waals surface area contributed by atoms with Crippen LogP contribution in [0.25, 0.3) is 0 Å². The van der Waals surface area contributed by atoms with Crippen LogP contribution < -0.4 is 5.32 Å². The topological polar surface area (TPSA) is 28.2 Å².